The zero-order valence-electron chi connectivity index (χ0n) is 12.9. The van der Waals surface area contributed by atoms with Crippen molar-refractivity contribution in [2.75, 3.05) is 26.3 Å². The van der Waals surface area contributed by atoms with E-state index in [0.717, 1.165) is 26.3 Å². The van der Waals surface area contributed by atoms with Gasteiger partial charge < -0.3 is 8.85 Å². The van der Waals surface area contributed by atoms with Gasteiger partial charge in [-0.1, -0.05) is 27.7 Å². The minimum absolute atomic E-state index is 0.469. The zero-order valence-corrected chi connectivity index (χ0v) is 13.9. The first-order chi connectivity index (χ1) is 8.49. The maximum atomic E-state index is 6.23. The maximum Gasteiger partial charge on any atom is 0.522 e. The number of hydrogen-bond donors (Lipinski definition) is 0. The molecule has 0 aromatic carbocycles. The summed E-state index contributed by atoms with van der Waals surface area (Å²) >= 11 is 0. The van der Waals surface area contributed by atoms with E-state index in [1.165, 1.54) is 6.42 Å². The molecule has 1 fully saturated rings. The van der Waals surface area contributed by atoms with Gasteiger partial charge in [-0.15, -0.1) is 0 Å². The molecule has 1 heterocycles. The monoisotopic (exact) mass is 274 g/mol. The molecule has 108 valence electrons. The smallest absolute Gasteiger partial charge is 0.371 e. The van der Waals surface area contributed by atoms with Crippen LogP contribution in [-0.4, -0.2) is 56.4 Å². The molecule has 18 heavy (non-hydrogen) atoms. The Bertz CT molecular complexity index is 225. The van der Waals surface area contributed by atoms with Crippen molar-refractivity contribution >= 4 is 8.88 Å². The van der Waals surface area contributed by atoms with Crippen molar-refractivity contribution in [2.45, 2.75) is 60.0 Å². The molecule has 0 atom stereocenters. The highest BCUT2D eigenvalue weighted by molar-refractivity contribution is 6.62. The predicted molar refractivity (Wildman–Crippen MR) is 77.3 cm³/mol. The Morgan fingerprint density at radius 2 is 1.28 bits per heavy atom. The van der Waals surface area contributed by atoms with Crippen LogP contribution in [0.5, 0.6) is 0 Å². The van der Waals surface area contributed by atoms with E-state index in [-0.39, 0.29) is 0 Å². The van der Waals surface area contributed by atoms with Gasteiger partial charge in [-0.05, 0) is 33.4 Å². The Morgan fingerprint density at radius 1 is 0.889 bits per heavy atom. The van der Waals surface area contributed by atoms with Crippen LogP contribution in [0.2, 0.25) is 0 Å². The highest BCUT2D eigenvalue weighted by Crippen LogP contribution is 2.28. The lowest BCUT2D eigenvalue weighted by Crippen LogP contribution is -2.75. The largest absolute Gasteiger partial charge is 0.522 e. The van der Waals surface area contributed by atoms with Crippen molar-refractivity contribution in [3.8, 4) is 0 Å². The van der Waals surface area contributed by atoms with Gasteiger partial charge in [0.1, 0.15) is 0 Å². The Balaban J connectivity index is 3.08. The fourth-order valence-electron chi connectivity index (χ4n) is 2.78. The second-order valence-corrected chi connectivity index (χ2v) is 8.17. The van der Waals surface area contributed by atoms with Gasteiger partial charge in [-0.3, -0.25) is 9.13 Å². The van der Waals surface area contributed by atoms with Crippen LogP contribution in [0.1, 0.15) is 48.0 Å². The van der Waals surface area contributed by atoms with Crippen LogP contribution in [-0.2, 0) is 8.85 Å². The molecule has 0 aliphatic carbocycles. The Labute approximate surface area is 114 Å². The molecule has 1 rings (SSSR count). The summed E-state index contributed by atoms with van der Waals surface area (Å²) in [6, 6.07) is 0.938. The molecular weight excluding hydrogens is 244 g/mol. The average molecular weight is 274 g/mol. The molecule has 1 saturated heterocycles. The lowest BCUT2D eigenvalue weighted by molar-refractivity contribution is 0.0224. The quantitative estimate of drug-likeness (QED) is 0.694. The van der Waals surface area contributed by atoms with Gasteiger partial charge >= 0.3 is 8.88 Å². The molecular formula is C13H30N2O2Si. The van der Waals surface area contributed by atoms with E-state index >= 15 is 0 Å². The number of nitrogens with zero attached hydrogens (tertiary/aromatic N) is 2. The fourth-order valence-corrected chi connectivity index (χ4v) is 6.79. The first-order valence-electron chi connectivity index (χ1n) is 7.31. The first-order valence-corrected chi connectivity index (χ1v) is 9.02. The Morgan fingerprint density at radius 3 is 1.56 bits per heavy atom. The van der Waals surface area contributed by atoms with Gasteiger partial charge in [-0.2, -0.15) is 0 Å². The van der Waals surface area contributed by atoms with Crippen LogP contribution in [0.15, 0.2) is 0 Å². The van der Waals surface area contributed by atoms with E-state index in [1.54, 1.807) is 0 Å². The standard InChI is InChI=1S/C13H30N2O2Si/c1-7-16-18(17-8-2)14(12(3)4)10-9-11-15(18)13(5)6/h12-13H,7-11H2,1-6H3. The Kier molecular flexibility index (Phi) is 6.27. The highest BCUT2D eigenvalue weighted by Gasteiger charge is 2.55. The predicted octanol–water partition coefficient (Wildman–Crippen LogP) is 2.32. The summed E-state index contributed by atoms with van der Waals surface area (Å²) in [5.74, 6) is 0. The summed E-state index contributed by atoms with van der Waals surface area (Å²) in [4.78, 5) is 0. The first kappa shape index (κ1) is 16.1. The molecule has 0 aromatic heterocycles. The average Bonchev–Trinajstić information content (AvgIpc) is 2.29. The SMILES string of the molecule is CCO[Si]1(OCC)N(C(C)C)CCCN1C(C)C. The van der Waals surface area contributed by atoms with E-state index in [2.05, 4.69) is 50.7 Å². The van der Waals surface area contributed by atoms with Crippen LogP contribution < -0.4 is 0 Å². The lowest BCUT2D eigenvalue weighted by atomic mass is 10.3. The van der Waals surface area contributed by atoms with Crippen molar-refractivity contribution < 1.29 is 8.85 Å². The van der Waals surface area contributed by atoms with Gasteiger partial charge in [0, 0.05) is 25.3 Å². The Hall–Kier alpha value is 0.0569. The molecule has 0 spiro atoms. The minimum atomic E-state index is -2.40. The summed E-state index contributed by atoms with van der Waals surface area (Å²) < 4.78 is 17.4. The zero-order chi connectivity index (χ0) is 13.8. The van der Waals surface area contributed by atoms with Crippen LogP contribution in [0, 0.1) is 0 Å². The van der Waals surface area contributed by atoms with Gasteiger partial charge in [0.15, 0.2) is 0 Å². The van der Waals surface area contributed by atoms with E-state index in [0.29, 0.717) is 12.1 Å². The molecule has 0 unspecified atom stereocenters. The van der Waals surface area contributed by atoms with Crippen LogP contribution >= 0.6 is 0 Å². The molecule has 0 saturated carbocycles. The minimum Gasteiger partial charge on any atom is -0.371 e. The second-order valence-electron chi connectivity index (χ2n) is 5.34. The third kappa shape index (κ3) is 3.14. The molecule has 0 radical (unpaired) electrons. The van der Waals surface area contributed by atoms with Crippen molar-refractivity contribution in [3.05, 3.63) is 0 Å². The third-order valence-corrected chi connectivity index (χ3v) is 7.70. The van der Waals surface area contributed by atoms with E-state index in [9.17, 15) is 0 Å². The van der Waals surface area contributed by atoms with Crippen LogP contribution in [0.4, 0.5) is 0 Å². The van der Waals surface area contributed by atoms with Crippen LogP contribution in [0.3, 0.4) is 0 Å². The molecule has 1 aliphatic rings. The number of hydrogen-bond acceptors (Lipinski definition) is 4. The van der Waals surface area contributed by atoms with Crippen molar-refractivity contribution in [1.29, 1.82) is 0 Å². The van der Waals surface area contributed by atoms with E-state index in [1.807, 2.05) is 0 Å². The van der Waals surface area contributed by atoms with Crippen molar-refractivity contribution in [2.24, 2.45) is 0 Å². The summed E-state index contributed by atoms with van der Waals surface area (Å²) in [7, 11) is -2.40. The van der Waals surface area contributed by atoms with Gasteiger partial charge in [0.25, 0.3) is 0 Å². The summed E-state index contributed by atoms with van der Waals surface area (Å²) in [5, 5.41) is 0. The molecule has 4 nitrogen and oxygen atoms in total. The van der Waals surface area contributed by atoms with Crippen LogP contribution in [0.25, 0.3) is 0 Å². The summed E-state index contributed by atoms with van der Waals surface area (Å²) in [6.45, 7) is 16.7. The van der Waals surface area contributed by atoms with Gasteiger partial charge in [0.2, 0.25) is 0 Å². The van der Waals surface area contributed by atoms with Gasteiger partial charge in [0.05, 0.1) is 0 Å². The summed E-state index contributed by atoms with van der Waals surface area (Å²) in [5.41, 5.74) is 0. The van der Waals surface area contributed by atoms with E-state index < -0.39 is 8.88 Å². The fraction of sp³-hybridized carbons (Fsp3) is 1.00. The molecule has 1 aliphatic heterocycles. The van der Waals surface area contributed by atoms with E-state index in [4.69, 9.17) is 8.85 Å². The topological polar surface area (TPSA) is 24.9 Å². The maximum absolute atomic E-state index is 6.23. The molecule has 0 bridgehead atoms. The molecule has 0 amide bonds. The third-order valence-electron chi connectivity index (χ3n) is 3.44. The van der Waals surface area contributed by atoms with Crippen molar-refractivity contribution in [3.63, 3.8) is 0 Å². The van der Waals surface area contributed by atoms with Crippen molar-refractivity contribution in [1.82, 2.24) is 9.13 Å². The molecule has 0 aromatic rings. The lowest BCUT2D eigenvalue weighted by Gasteiger charge is -2.51. The normalized spacial score (nSPS) is 22.0. The second kappa shape index (κ2) is 7.00. The highest BCUT2D eigenvalue weighted by atomic mass is 28.4. The molecule has 0 N–H and O–H groups in total. The molecule has 5 heteroatoms. The summed E-state index contributed by atoms with van der Waals surface area (Å²) in [6.07, 6.45) is 1.20. The van der Waals surface area contributed by atoms with Gasteiger partial charge in [-0.25, -0.2) is 0 Å². The number of rotatable bonds is 6.